The van der Waals surface area contributed by atoms with Crippen molar-refractivity contribution in [3.63, 3.8) is 0 Å². The molecular weight excluding hydrogens is 192 g/mol. The molecule has 0 unspecified atom stereocenters. The maximum atomic E-state index is 10.2. The number of hydrogen-bond donors (Lipinski definition) is 2. The Morgan fingerprint density at radius 1 is 1.00 bits per heavy atom. The van der Waals surface area contributed by atoms with Gasteiger partial charge < -0.3 is 10.2 Å². The van der Waals surface area contributed by atoms with Crippen LogP contribution in [-0.2, 0) is 4.79 Å². The van der Waals surface area contributed by atoms with Crippen LogP contribution in [0.25, 0.3) is 0 Å². The van der Waals surface area contributed by atoms with Gasteiger partial charge in [0.25, 0.3) is 0 Å². The molecule has 0 aromatic rings. The highest BCUT2D eigenvalue weighted by Crippen LogP contribution is 2.24. The quantitative estimate of drug-likeness (QED) is 0.742. The summed E-state index contributed by atoms with van der Waals surface area (Å²) in [5.74, 6) is 0.0255. The summed E-state index contributed by atoms with van der Waals surface area (Å²) in [6.45, 7) is 0.417. The fourth-order valence-corrected chi connectivity index (χ4v) is 2.37. The number of carboxylic acids is 1. The van der Waals surface area contributed by atoms with Crippen molar-refractivity contribution in [2.24, 2.45) is 11.8 Å². The second-order valence-corrected chi connectivity index (χ2v) is 4.65. The highest BCUT2D eigenvalue weighted by Gasteiger charge is 2.21. The predicted octanol–water partition coefficient (Wildman–Crippen LogP) is 2.43. The first-order valence-corrected chi connectivity index (χ1v) is 6.07. The smallest absolute Gasteiger partial charge is 0.306 e. The molecule has 0 aliphatic heterocycles. The third kappa shape index (κ3) is 4.65. The van der Waals surface area contributed by atoms with Crippen molar-refractivity contribution < 1.29 is 15.0 Å². The Morgan fingerprint density at radius 3 is 1.73 bits per heavy atom. The van der Waals surface area contributed by atoms with Crippen molar-refractivity contribution in [2.75, 3.05) is 6.61 Å². The van der Waals surface area contributed by atoms with Crippen molar-refractivity contribution >= 4 is 5.97 Å². The number of rotatable bonds is 2. The Morgan fingerprint density at radius 2 is 1.47 bits per heavy atom. The highest BCUT2D eigenvalue weighted by atomic mass is 16.4. The van der Waals surface area contributed by atoms with Crippen LogP contribution in [0.5, 0.6) is 0 Å². The molecule has 0 amide bonds. The molecule has 0 spiro atoms. The third-order valence-corrected chi connectivity index (χ3v) is 3.44. The minimum Gasteiger partial charge on any atom is -0.481 e. The molecule has 2 aliphatic rings. The highest BCUT2D eigenvalue weighted by molar-refractivity contribution is 5.70. The van der Waals surface area contributed by atoms with E-state index in [0.29, 0.717) is 12.5 Å². The van der Waals surface area contributed by atoms with Crippen LogP contribution in [0.1, 0.15) is 51.4 Å². The van der Waals surface area contributed by atoms with E-state index in [2.05, 4.69) is 0 Å². The number of hydrogen-bond acceptors (Lipinski definition) is 2. The summed E-state index contributed by atoms with van der Waals surface area (Å²) in [7, 11) is 0. The zero-order chi connectivity index (χ0) is 11.1. The van der Waals surface area contributed by atoms with Gasteiger partial charge in [-0.1, -0.05) is 25.7 Å². The largest absolute Gasteiger partial charge is 0.481 e. The molecule has 0 bridgehead atoms. The molecule has 2 rings (SSSR count). The summed E-state index contributed by atoms with van der Waals surface area (Å²) in [4.78, 5) is 10.2. The predicted molar refractivity (Wildman–Crippen MR) is 58.6 cm³/mol. The SMILES string of the molecule is O=C(O)C1CCCC1.OCC1CCCC1. The fraction of sp³-hybridized carbons (Fsp3) is 0.917. The monoisotopic (exact) mass is 214 g/mol. The van der Waals surface area contributed by atoms with Crippen LogP contribution in [-0.4, -0.2) is 22.8 Å². The first kappa shape index (κ1) is 12.5. The van der Waals surface area contributed by atoms with Crippen LogP contribution >= 0.6 is 0 Å². The summed E-state index contributed by atoms with van der Waals surface area (Å²) >= 11 is 0. The van der Waals surface area contributed by atoms with Gasteiger partial charge in [0.1, 0.15) is 0 Å². The first-order valence-electron chi connectivity index (χ1n) is 6.07. The van der Waals surface area contributed by atoms with E-state index in [4.69, 9.17) is 10.2 Å². The molecular formula is C12H22O3. The summed E-state index contributed by atoms with van der Waals surface area (Å²) < 4.78 is 0. The van der Waals surface area contributed by atoms with Crippen molar-refractivity contribution in [1.29, 1.82) is 0 Å². The molecule has 3 nitrogen and oxygen atoms in total. The van der Waals surface area contributed by atoms with E-state index in [1.165, 1.54) is 25.7 Å². The molecule has 2 N–H and O–H groups in total. The van der Waals surface area contributed by atoms with Crippen molar-refractivity contribution in [3.8, 4) is 0 Å². The zero-order valence-corrected chi connectivity index (χ0v) is 9.32. The molecule has 0 heterocycles. The lowest BCUT2D eigenvalue weighted by atomic mass is 10.1. The molecule has 88 valence electrons. The van der Waals surface area contributed by atoms with Gasteiger partial charge in [-0.05, 0) is 31.6 Å². The van der Waals surface area contributed by atoms with Crippen molar-refractivity contribution in [3.05, 3.63) is 0 Å². The minimum atomic E-state index is -0.609. The van der Waals surface area contributed by atoms with Gasteiger partial charge >= 0.3 is 5.97 Å². The van der Waals surface area contributed by atoms with E-state index >= 15 is 0 Å². The lowest BCUT2D eigenvalue weighted by Crippen LogP contribution is -2.07. The molecule has 0 aromatic carbocycles. The number of aliphatic hydroxyl groups is 1. The number of aliphatic hydroxyl groups excluding tert-OH is 1. The van der Waals surface area contributed by atoms with E-state index < -0.39 is 5.97 Å². The summed E-state index contributed by atoms with van der Waals surface area (Å²) in [5.41, 5.74) is 0. The maximum Gasteiger partial charge on any atom is 0.306 e. The van der Waals surface area contributed by atoms with E-state index in [1.54, 1.807) is 0 Å². The summed E-state index contributed by atoms with van der Waals surface area (Å²) in [6, 6.07) is 0. The zero-order valence-electron chi connectivity index (χ0n) is 9.32. The van der Waals surface area contributed by atoms with Crippen LogP contribution < -0.4 is 0 Å². The second-order valence-electron chi connectivity index (χ2n) is 4.65. The fourth-order valence-electron chi connectivity index (χ4n) is 2.37. The molecule has 2 saturated carbocycles. The van der Waals surface area contributed by atoms with Crippen molar-refractivity contribution in [1.82, 2.24) is 0 Å². The lowest BCUT2D eigenvalue weighted by Gasteiger charge is -1.98. The number of aliphatic carboxylic acids is 1. The Bertz CT molecular complexity index is 179. The Kier molecular flexibility index (Phi) is 5.69. The number of carbonyl (C=O) groups is 1. The summed E-state index contributed by atoms with van der Waals surface area (Å²) in [6.07, 6.45) is 9.21. The van der Waals surface area contributed by atoms with Gasteiger partial charge in [-0.15, -0.1) is 0 Å². The van der Waals surface area contributed by atoms with Crippen LogP contribution in [0.2, 0.25) is 0 Å². The van der Waals surface area contributed by atoms with Crippen LogP contribution in [0.15, 0.2) is 0 Å². The molecule has 2 aliphatic carbocycles. The third-order valence-electron chi connectivity index (χ3n) is 3.44. The molecule has 2 fully saturated rings. The Balaban J connectivity index is 0.000000151. The Labute approximate surface area is 91.5 Å². The molecule has 0 saturated heterocycles. The van der Waals surface area contributed by atoms with Gasteiger partial charge in [0.15, 0.2) is 0 Å². The van der Waals surface area contributed by atoms with Gasteiger partial charge in [0, 0.05) is 6.61 Å². The average molecular weight is 214 g/mol. The van der Waals surface area contributed by atoms with Gasteiger partial charge in [-0.2, -0.15) is 0 Å². The number of carboxylic acid groups (broad SMARTS) is 1. The molecule has 3 heteroatoms. The van der Waals surface area contributed by atoms with E-state index in [9.17, 15) is 4.79 Å². The Hall–Kier alpha value is -0.570. The maximum absolute atomic E-state index is 10.2. The minimum absolute atomic E-state index is 0.0185. The molecule has 0 aromatic heterocycles. The van der Waals surface area contributed by atoms with E-state index in [0.717, 1.165) is 25.7 Å². The van der Waals surface area contributed by atoms with Crippen LogP contribution in [0.3, 0.4) is 0 Å². The molecule has 0 radical (unpaired) electrons. The topological polar surface area (TPSA) is 57.5 Å². The lowest BCUT2D eigenvalue weighted by molar-refractivity contribution is -0.141. The van der Waals surface area contributed by atoms with Crippen molar-refractivity contribution in [2.45, 2.75) is 51.4 Å². The average Bonchev–Trinajstić information content (AvgIpc) is 2.92. The molecule has 15 heavy (non-hydrogen) atoms. The van der Waals surface area contributed by atoms with Gasteiger partial charge in [-0.25, -0.2) is 0 Å². The normalized spacial score (nSPS) is 22.5. The van der Waals surface area contributed by atoms with E-state index in [1.807, 2.05) is 0 Å². The summed E-state index contributed by atoms with van der Waals surface area (Å²) in [5, 5.41) is 17.0. The molecule has 0 atom stereocenters. The van der Waals surface area contributed by atoms with Gasteiger partial charge in [0.05, 0.1) is 5.92 Å². The van der Waals surface area contributed by atoms with Gasteiger partial charge in [0.2, 0.25) is 0 Å². The second kappa shape index (κ2) is 6.83. The van der Waals surface area contributed by atoms with E-state index in [-0.39, 0.29) is 5.92 Å². The standard InChI is InChI=1S/C6H10O2.C6H12O/c7-6(8)5-3-1-2-4-5;7-5-6-3-1-2-4-6/h5H,1-4H2,(H,7,8);6-7H,1-5H2. The van der Waals surface area contributed by atoms with Crippen LogP contribution in [0, 0.1) is 11.8 Å². The first-order chi connectivity index (χ1) is 7.24. The van der Waals surface area contributed by atoms with Gasteiger partial charge in [-0.3, -0.25) is 4.79 Å². The van der Waals surface area contributed by atoms with Crippen LogP contribution in [0.4, 0.5) is 0 Å².